The van der Waals surface area contributed by atoms with Crippen molar-refractivity contribution in [3.63, 3.8) is 0 Å². The first-order chi connectivity index (χ1) is 10.7. The SMILES string of the molecule is Nc1nc(N)c2c(ccc3nn(Cc4cccnc4)cc32)n1. The normalized spacial score (nSPS) is 11.3. The summed E-state index contributed by atoms with van der Waals surface area (Å²) in [4.78, 5) is 12.4. The first kappa shape index (κ1) is 12.5. The van der Waals surface area contributed by atoms with Gasteiger partial charge in [0, 0.05) is 24.0 Å². The molecule has 1 aromatic carbocycles. The smallest absolute Gasteiger partial charge is 0.222 e. The van der Waals surface area contributed by atoms with E-state index in [1.54, 1.807) is 6.20 Å². The molecular formula is C15H13N7. The predicted molar refractivity (Wildman–Crippen MR) is 85.0 cm³/mol. The molecule has 4 aromatic rings. The number of aromatic nitrogens is 5. The van der Waals surface area contributed by atoms with Crippen molar-refractivity contribution >= 4 is 33.6 Å². The third-order valence-electron chi connectivity index (χ3n) is 3.51. The van der Waals surface area contributed by atoms with E-state index < -0.39 is 0 Å². The van der Waals surface area contributed by atoms with E-state index in [1.165, 1.54) is 0 Å². The lowest BCUT2D eigenvalue weighted by Crippen LogP contribution is -2.00. The summed E-state index contributed by atoms with van der Waals surface area (Å²) in [6.07, 6.45) is 5.52. The van der Waals surface area contributed by atoms with Crippen LogP contribution in [0.1, 0.15) is 5.56 Å². The monoisotopic (exact) mass is 291 g/mol. The zero-order chi connectivity index (χ0) is 15.1. The Labute approximate surface area is 125 Å². The molecule has 3 heterocycles. The quantitative estimate of drug-likeness (QED) is 0.580. The molecule has 0 aliphatic heterocycles. The van der Waals surface area contributed by atoms with Gasteiger partial charge >= 0.3 is 0 Å². The number of anilines is 2. The summed E-state index contributed by atoms with van der Waals surface area (Å²) in [5.74, 6) is 0.543. The van der Waals surface area contributed by atoms with Crippen LogP contribution in [0.4, 0.5) is 11.8 Å². The number of fused-ring (bicyclic) bond motifs is 3. The van der Waals surface area contributed by atoms with Gasteiger partial charge in [0.25, 0.3) is 0 Å². The van der Waals surface area contributed by atoms with Gasteiger partial charge in [-0.25, -0.2) is 4.98 Å². The Balaban J connectivity index is 1.88. The van der Waals surface area contributed by atoms with E-state index >= 15 is 0 Å². The molecule has 108 valence electrons. The fraction of sp³-hybridized carbons (Fsp3) is 0.0667. The number of nitrogen functional groups attached to an aromatic ring is 2. The lowest BCUT2D eigenvalue weighted by Gasteiger charge is -2.02. The standard InChI is InChI=1S/C15H13N7/c16-14-13-10-8-22(7-9-2-1-5-18-6-9)21-11(10)3-4-12(13)19-15(17)20-14/h1-6,8H,7H2,(H4,16,17,19,20). The van der Waals surface area contributed by atoms with Crippen molar-refractivity contribution in [2.24, 2.45) is 0 Å². The topological polar surface area (TPSA) is 109 Å². The zero-order valence-electron chi connectivity index (χ0n) is 11.6. The Morgan fingerprint density at radius 3 is 2.73 bits per heavy atom. The third-order valence-corrected chi connectivity index (χ3v) is 3.51. The van der Waals surface area contributed by atoms with Gasteiger partial charge in [-0.1, -0.05) is 6.07 Å². The Hall–Kier alpha value is -3.22. The van der Waals surface area contributed by atoms with Crippen molar-refractivity contribution in [1.29, 1.82) is 0 Å². The first-order valence-electron chi connectivity index (χ1n) is 6.78. The maximum Gasteiger partial charge on any atom is 0.222 e. The van der Waals surface area contributed by atoms with E-state index in [2.05, 4.69) is 20.1 Å². The summed E-state index contributed by atoms with van der Waals surface area (Å²) in [7, 11) is 0. The summed E-state index contributed by atoms with van der Waals surface area (Å²) in [5, 5.41) is 6.27. The van der Waals surface area contributed by atoms with Crippen LogP contribution in [0.5, 0.6) is 0 Å². The second-order valence-corrected chi connectivity index (χ2v) is 5.05. The van der Waals surface area contributed by atoms with Crippen molar-refractivity contribution < 1.29 is 0 Å². The highest BCUT2D eigenvalue weighted by Gasteiger charge is 2.11. The van der Waals surface area contributed by atoms with Crippen LogP contribution in [0, 0.1) is 0 Å². The van der Waals surface area contributed by atoms with Gasteiger partial charge in [0.1, 0.15) is 5.82 Å². The van der Waals surface area contributed by atoms with E-state index in [-0.39, 0.29) is 5.95 Å². The first-order valence-corrected chi connectivity index (χ1v) is 6.78. The van der Waals surface area contributed by atoms with Crippen molar-refractivity contribution in [2.45, 2.75) is 6.54 Å². The van der Waals surface area contributed by atoms with Gasteiger partial charge < -0.3 is 11.5 Å². The highest BCUT2D eigenvalue weighted by atomic mass is 15.3. The van der Waals surface area contributed by atoms with Gasteiger partial charge in [-0.3, -0.25) is 9.67 Å². The van der Waals surface area contributed by atoms with Crippen molar-refractivity contribution in [2.75, 3.05) is 11.5 Å². The molecule has 3 aromatic heterocycles. The molecule has 0 spiro atoms. The summed E-state index contributed by atoms with van der Waals surface area (Å²) < 4.78 is 1.86. The zero-order valence-corrected chi connectivity index (χ0v) is 11.6. The summed E-state index contributed by atoms with van der Waals surface area (Å²) >= 11 is 0. The van der Waals surface area contributed by atoms with Gasteiger partial charge in [0.15, 0.2) is 0 Å². The minimum absolute atomic E-state index is 0.173. The van der Waals surface area contributed by atoms with E-state index in [0.29, 0.717) is 12.4 Å². The number of hydrogen-bond acceptors (Lipinski definition) is 6. The fourth-order valence-electron chi connectivity index (χ4n) is 2.58. The molecule has 0 saturated heterocycles. The van der Waals surface area contributed by atoms with Crippen LogP contribution in [0.2, 0.25) is 0 Å². The van der Waals surface area contributed by atoms with Crippen LogP contribution in [0.25, 0.3) is 21.8 Å². The van der Waals surface area contributed by atoms with E-state index in [1.807, 2.05) is 41.3 Å². The van der Waals surface area contributed by atoms with E-state index in [4.69, 9.17) is 11.5 Å². The van der Waals surface area contributed by atoms with E-state index in [9.17, 15) is 0 Å². The third kappa shape index (κ3) is 1.99. The lowest BCUT2D eigenvalue weighted by atomic mass is 10.1. The van der Waals surface area contributed by atoms with Crippen LogP contribution >= 0.6 is 0 Å². The lowest BCUT2D eigenvalue weighted by molar-refractivity contribution is 0.693. The molecule has 0 saturated carbocycles. The van der Waals surface area contributed by atoms with Crippen molar-refractivity contribution in [3.05, 3.63) is 48.4 Å². The molecule has 0 unspecified atom stereocenters. The number of hydrogen-bond donors (Lipinski definition) is 2. The molecule has 0 bridgehead atoms. The van der Waals surface area contributed by atoms with Gasteiger partial charge in [-0.2, -0.15) is 10.1 Å². The summed E-state index contributed by atoms with van der Waals surface area (Å²) in [5.41, 5.74) is 14.3. The molecule has 4 N–H and O–H groups in total. The number of benzene rings is 1. The molecular weight excluding hydrogens is 278 g/mol. The molecule has 4 rings (SSSR count). The molecule has 0 atom stereocenters. The summed E-state index contributed by atoms with van der Waals surface area (Å²) in [6.45, 7) is 0.639. The highest BCUT2D eigenvalue weighted by Crippen LogP contribution is 2.27. The summed E-state index contributed by atoms with van der Waals surface area (Å²) in [6, 6.07) is 7.68. The minimum Gasteiger partial charge on any atom is -0.383 e. The van der Waals surface area contributed by atoms with Crippen LogP contribution in [-0.4, -0.2) is 24.7 Å². The second kappa shape index (κ2) is 4.66. The largest absolute Gasteiger partial charge is 0.383 e. The van der Waals surface area contributed by atoms with E-state index in [0.717, 1.165) is 27.4 Å². The van der Waals surface area contributed by atoms with Crippen molar-refractivity contribution in [1.82, 2.24) is 24.7 Å². The number of pyridine rings is 1. The van der Waals surface area contributed by atoms with Crippen molar-refractivity contribution in [3.8, 4) is 0 Å². The molecule has 7 heteroatoms. The Bertz CT molecular complexity index is 975. The fourth-order valence-corrected chi connectivity index (χ4v) is 2.58. The average molecular weight is 291 g/mol. The number of nitrogens with two attached hydrogens (primary N) is 2. The van der Waals surface area contributed by atoms with Gasteiger partial charge in [0.2, 0.25) is 5.95 Å². The molecule has 0 fully saturated rings. The molecule has 7 nitrogen and oxygen atoms in total. The molecule has 0 aliphatic carbocycles. The number of rotatable bonds is 2. The van der Waals surface area contributed by atoms with Crippen LogP contribution in [0.15, 0.2) is 42.9 Å². The molecule has 0 aliphatic rings. The highest BCUT2D eigenvalue weighted by molar-refractivity contribution is 6.09. The Kier molecular flexibility index (Phi) is 2.65. The van der Waals surface area contributed by atoms with Gasteiger partial charge in [-0.15, -0.1) is 0 Å². The molecule has 22 heavy (non-hydrogen) atoms. The minimum atomic E-state index is 0.173. The number of nitrogens with zero attached hydrogens (tertiary/aromatic N) is 5. The van der Waals surface area contributed by atoms with Gasteiger partial charge in [-0.05, 0) is 23.8 Å². The Morgan fingerprint density at radius 2 is 1.91 bits per heavy atom. The van der Waals surface area contributed by atoms with Crippen LogP contribution in [0.3, 0.4) is 0 Å². The van der Waals surface area contributed by atoms with Crippen LogP contribution in [-0.2, 0) is 6.54 Å². The Morgan fingerprint density at radius 1 is 1.05 bits per heavy atom. The molecule has 0 amide bonds. The van der Waals surface area contributed by atoms with Crippen LogP contribution < -0.4 is 11.5 Å². The predicted octanol–water partition coefficient (Wildman–Crippen LogP) is 1.59. The average Bonchev–Trinajstić information content (AvgIpc) is 2.89. The maximum absolute atomic E-state index is 6.01. The molecule has 0 radical (unpaired) electrons. The second-order valence-electron chi connectivity index (χ2n) is 5.05. The maximum atomic E-state index is 6.01. The van der Waals surface area contributed by atoms with Gasteiger partial charge in [0.05, 0.1) is 23.0 Å².